The molecule has 6 heteroatoms. The predicted molar refractivity (Wildman–Crippen MR) is 80.8 cm³/mol. The maximum absolute atomic E-state index is 12.3. The fourth-order valence-electron chi connectivity index (χ4n) is 1.75. The van der Waals surface area contributed by atoms with Crippen molar-refractivity contribution < 1.29 is 9.53 Å². The van der Waals surface area contributed by atoms with Gasteiger partial charge in [0.15, 0.2) is 0 Å². The van der Waals surface area contributed by atoms with Gasteiger partial charge in [-0.1, -0.05) is 41.7 Å². The van der Waals surface area contributed by atoms with Crippen LogP contribution in [0.25, 0.3) is 0 Å². The molecule has 1 aromatic heterocycles. The first-order chi connectivity index (χ1) is 10.3. The Hall–Kier alpha value is -2.73. The molecule has 0 unspecified atom stereocenters. The molecule has 3 rings (SSSR count). The summed E-state index contributed by atoms with van der Waals surface area (Å²) in [6, 6.07) is 16.4. The quantitative estimate of drug-likeness (QED) is 0.799. The summed E-state index contributed by atoms with van der Waals surface area (Å²) in [7, 11) is 0. The number of para-hydroxylation sites is 2. The molecule has 3 aromatic rings. The van der Waals surface area contributed by atoms with Crippen LogP contribution in [0.4, 0.5) is 5.13 Å². The van der Waals surface area contributed by atoms with E-state index in [9.17, 15) is 4.79 Å². The largest absolute Gasteiger partial charge is 0.457 e. The van der Waals surface area contributed by atoms with Gasteiger partial charge in [-0.2, -0.15) is 0 Å². The predicted octanol–water partition coefficient (Wildman–Crippen LogP) is 3.58. The molecule has 5 nitrogen and oxygen atoms in total. The summed E-state index contributed by atoms with van der Waals surface area (Å²) < 4.78 is 5.76. The smallest absolute Gasteiger partial charge is 0.261 e. The molecule has 1 heterocycles. The molecule has 104 valence electrons. The average Bonchev–Trinajstić information content (AvgIpc) is 3.02. The Morgan fingerprint density at radius 3 is 2.57 bits per heavy atom. The molecule has 0 saturated heterocycles. The molecule has 0 aliphatic heterocycles. The lowest BCUT2D eigenvalue weighted by molar-refractivity contribution is 0.102. The van der Waals surface area contributed by atoms with Gasteiger partial charge in [-0.3, -0.25) is 10.1 Å². The Morgan fingerprint density at radius 2 is 1.81 bits per heavy atom. The number of carbonyl (C=O) groups is 1. The minimum atomic E-state index is -0.279. The Bertz CT molecular complexity index is 730. The summed E-state index contributed by atoms with van der Waals surface area (Å²) in [6.07, 6.45) is 0. The van der Waals surface area contributed by atoms with Crippen LogP contribution in [0.15, 0.2) is 60.1 Å². The number of nitrogens with one attached hydrogen (secondary N) is 1. The third-order valence-electron chi connectivity index (χ3n) is 2.68. The maximum atomic E-state index is 12.3. The minimum absolute atomic E-state index is 0.279. The van der Waals surface area contributed by atoms with Gasteiger partial charge in [0.25, 0.3) is 5.91 Å². The number of amides is 1. The van der Waals surface area contributed by atoms with Crippen LogP contribution in [-0.2, 0) is 0 Å². The van der Waals surface area contributed by atoms with Crippen LogP contribution >= 0.6 is 11.3 Å². The van der Waals surface area contributed by atoms with Crippen molar-refractivity contribution in [1.82, 2.24) is 10.2 Å². The standard InChI is InChI=1S/C15H11N3O2S/c19-14(17-15-18-16-10-21-15)12-8-4-5-9-13(12)20-11-6-2-1-3-7-11/h1-10H,(H,17,18,19). The van der Waals surface area contributed by atoms with E-state index in [0.29, 0.717) is 22.2 Å². The van der Waals surface area contributed by atoms with Gasteiger partial charge in [-0.25, -0.2) is 0 Å². The van der Waals surface area contributed by atoms with Gasteiger partial charge in [-0.05, 0) is 24.3 Å². The number of rotatable bonds is 4. The van der Waals surface area contributed by atoms with E-state index in [0.717, 1.165) is 0 Å². The van der Waals surface area contributed by atoms with Crippen molar-refractivity contribution in [3.05, 3.63) is 65.7 Å². The van der Waals surface area contributed by atoms with Gasteiger partial charge < -0.3 is 4.74 Å². The molecule has 0 radical (unpaired) electrons. The number of benzene rings is 2. The molecule has 0 spiro atoms. The number of anilines is 1. The second-order valence-corrected chi connectivity index (χ2v) is 4.94. The highest BCUT2D eigenvalue weighted by atomic mass is 32.1. The molecular weight excluding hydrogens is 286 g/mol. The van der Waals surface area contributed by atoms with Gasteiger partial charge in [-0.15, -0.1) is 10.2 Å². The number of hydrogen-bond acceptors (Lipinski definition) is 5. The van der Waals surface area contributed by atoms with Crippen molar-refractivity contribution in [2.24, 2.45) is 0 Å². The molecule has 1 amide bonds. The van der Waals surface area contributed by atoms with Crippen molar-refractivity contribution >= 4 is 22.4 Å². The second kappa shape index (κ2) is 6.15. The molecular formula is C15H11N3O2S. The van der Waals surface area contributed by atoms with E-state index < -0.39 is 0 Å². The lowest BCUT2D eigenvalue weighted by Gasteiger charge is -2.10. The summed E-state index contributed by atoms with van der Waals surface area (Å²) in [5.41, 5.74) is 2.00. The summed E-state index contributed by atoms with van der Waals surface area (Å²) in [6.45, 7) is 0. The fraction of sp³-hybridized carbons (Fsp3) is 0. The van der Waals surface area contributed by atoms with E-state index in [1.165, 1.54) is 11.3 Å². The van der Waals surface area contributed by atoms with Gasteiger partial charge in [0, 0.05) is 0 Å². The highest BCUT2D eigenvalue weighted by Gasteiger charge is 2.14. The number of nitrogens with zero attached hydrogens (tertiary/aromatic N) is 2. The van der Waals surface area contributed by atoms with Crippen molar-refractivity contribution in [2.45, 2.75) is 0 Å². The van der Waals surface area contributed by atoms with Crippen LogP contribution in [-0.4, -0.2) is 16.1 Å². The highest BCUT2D eigenvalue weighted by molar-refractivity contribution is 7.13. The first kappa shape index (κ1) is 13.3. The fourth-order valence-corrected chi connectivity index (χ4v) is 2.19. The first-order valence-electron chi connectivity index (χ1n) is 6.22. The monoisotopic (exact) mass is 297 g/mol. The number of hydrogen-bond donors (Lipinski definition) is 1. The van der Waals surface area contributed by atoms with E-state index in [1.807, 2.05) is 36.4 Å². The number of carbonyl (C=O) groups excluding carboxylic acids is 1. The lowest BCUT2D eigenvalue weighted by atomic mass is 10.2. The average molecular weight is 297 g/mol. The van der Waals surface area contributed by atoms with E-state index in [-0.39, 0.29) is 5.91 Å². The summed E-state index contributed by atoms with van der Waals surface area (Å²) >= 11 is 1.26. The maximum Gasteiger partial charge on any atom is 0.261 e. The topological polar surface area (TPSA) is 64.1 Å². The minimum Gasteiger partial charge on any atom is -0.457 e. The SMILES string of the molecule is O=C(Nc1nncs1)c1ccccc1Oc1ccccc1. The van der Waals surface area contributed by atoms with Gasteiger partial charge in [0.2, 0.25) is 5.13 Å². The molecule has 0 aliphatic carbocycles. The van der Waals surface area contributed by atoms with E-state index >= 15 is 0 Å². The van der Waals surface area contributed by atoms with Crippen molar-refractivity contribution in [3.63, 3.8) is 0 Å². The summed E-state index contributed by atoms with van der Waals surface area (Å²) in [5.74, 6) is 0.887. The Labute approximate surface area is 125 Å². The van der Waals surface area contributed by atoms with E-state index in [1.54, 1.807) is 23.7 Å². The second-order valence-electron chi connectivity index (χ2n) is 4.11. The van der Waals surface area contributed by atoms with Gasteiger partial charge >= 0.3 is 0 Å². The highest BCUT2D eigenvalue weighted by Crippen LogP contribution is 2.25. The lowest BCUT2D eigenvalue weighted by Crippen LogP contribution is -2.12. The first-order valence-corrected chi connectivity index (χ1v) is 7.10. The van der Waals surface area contributed by atoms with E-state index in [4.69, 9.17) is 4.74 Å². The molecule has 0 bridgehead atoms. The van der Waals surface area contributed by atoms with Crippen molar-refractivity contribution in [3.8, 4) is 11.5 Å². The zero-order valence-corrected chi connectivity index (χ0v) is 11.7. The Kier molecular flexibility index (Phi) is 3.88. The van der Waals surface area contributed by atoms with Crippen LogP contribution in [0.1, 0.15) is 10.4 Å². The molecule has 0 aliphatic rings. The number of ether oxygens (including phenoxy) is 1. The normalized spacial score (nSPS) is 10.1. The zero-order valence-electron chi connectivity index (χ0n) is 10.9. The van der Waals surface area contributed by atoms with Crippen molar-refractivity contribution in [1.29, 1.82) is 0 Å². The van der Waals surface area contributed by atoms with Gasteiger partial charge in [0.05, 0.1) is 5.56 Å². The molecule has 0 fully saturated rings. The third kappa shape index (κ3) is 3.24. The van der Waals surface area contributed by atoms with Crippen LogP contribution in [0.3, 0.4) is 0 Å². The molecule has 0 atom stereocenters. The number of aromatic nitrogens is 2. The summed E-state index contributed by atoms with van der Waals surface area (Å²) in [5, 5.41) is 10.6. The van der Waals surface area contributed by atoms with Gasteiger partial charge in [0.1, 0.15) is 17.0 Å². The van der Waals surface area contributed by atoms with Crippen LogP contribution in [0.5, 0.6) is 11.5 Å². The summed E-state index contributed by atoms with van der Waals surface area (Å²) in [4.78, 5) is 12.3. The Balaban J connectivity index is 1.84. The molecule has 2 aromatic carbocycles. The van der Waals surface area contributed by atoms with Crippen LogP contribution in [0.2, 0.25) is 0 Å². The van der Waals surface area contributed by atoms with Crippen molar-refractivity contribution in [2.75, 3.05) is 5.32 Å². The Morgan fingerprint density at radius 1 is 1.05 bits per heavy atom. The zero-order chi connectivity index (χ0) is 14.5. The van der Waals surface area contributed by atoms with Crippen LogP contribution < -0.4 is 10.1 Å². The third-order valence-corrected chi connectivity index (χ3v) is 3.29. The van der Waals surface area contributed by atoms with Crippen LogP contribution in [0, 0.1) is 0 Å². The molecule has 0 saturated carbocycles. The van der Waals surface area contributed by atoms with E-state index in [2.05, 4.69) is 15.5 Å². The molecule has 21 heavy (non-hydrogen) atoms. The molecule has 1 N–H and O–H groups in total.